The molecule has 0 fully saturated rings. The van der Waals surface area contributed by atoms with E-state index in [0.29, 0.717) is 17.9 Å². The van der Waals surface area contributed by atoms with Crippen LogP contribution in [0.1, 0.15) is 40.0 Å². The van der Waals surface area contributed by atoms with Crippen LogP contribution < -0.4 is 0 Å². The summed E-state index contributed by atoms with van der Waals surface area (Å²) in [5, 5.41) is 0. The first-order valence-corrected chi connectivity index (χ1v) is 8.82. The van der Waals surface area contributed by atoms with E-state index in [0.717, 1.165) is 19.4 Å². The van der Waals surface area contributed by atoms with E-state index in [4.69, 9.17) is 4.74 Å². The fourth-order valence-corrected chi connectivity index (χ4v) is 3.19. The highest BCUT2D eigenvalue weighted by molar-refractivity contribution is 7.91. The molecule has 1 rings (SSSR count). The van der Waals surface area contributed by atoms with Gasteiger partial charge in [0.1, 0.15) is 0 Å². The van der Waals surface area contributed by atoms with Gasteiger partial charge in [0, 0.05) is 6.61 Å². The van der Waals surface area contributed by atoms with Gasteiger partial charge >= 0.3 is 0 Å². The quantitative estimate of drug-likeness (QED) is 0.687. The molecular weight excluding hydrogens is 272 g/mol. The number of hydrogen-bond donors (Lipinski definition) is 0. The van der Waals surface area contributed by atoms with Gasteiger partial charge in [0.25, 0.3) is 0 Å². The second-order valence-electron chi connectivity index (χ2n) is 6.31. The van der Waals surface area contributed by atoms with Gasteiger partial charge in [-0.2, -0.15) is 0 Å². The van der Waals surface area contributed by atoms with Crippen LogP contribution >= 0.6 is 0 Å². The summed E-state index contributed by atoms with van der Waals surface area (Å²) in [7, 11) is -3.12. The maximum Gasteiger partial charge on any atom is 0.178 e. The Bertz CT molecular complexity index is 472. The first kappa shape index (κ1) is 17.2. The zero-order chi connectivity index (χ0) is 15.1. The first-order valence-electron chi connectivity index (χ1n) is 7.17. The molecule has 0 aromatic heterocycles. The van der Waals surface area contributed by atoms with Crippen molar-refractivity contribution in [3.63, 3.8) is 0 Å². The van der Waals surface area contributed by atoms with Crippen LogP contribution in [-0.2, 0) is 14.6 Å². The Hall–Kier alpha value is -0.870. The van der Waals surface area contributed by atoms with Gasteiger partial charge < -0.3 is 4.74 Å². The second kappa shape index (κ2) is 7.79. The Balaban J connectivity index is 2.19. The lowest BCUT2D eigenvalue weighted by molar-refractivity contribution is 0.0688. The predicted molar refractivity (Wildman–Crippen MR) is 82.6 cm³/mol. The Morgan fingerprint density at radius 3 is 2.25 bits per heavy atom. The highest BCUT2D eigenvalue weighted by atomic mass is 32.2. The standard InChI is InChI=1S/C16H26O3S/c1-16(2,3)14-19-12-8-5-9-13-20(17,18)15-10-6-4-7-11-15/h4,6-7,10-11H,5,8-9,12-14H2,1-3H3. The van der Waals surface area contributed by atoms with Crippen molar-refractivity contribution in [3.8, 4) is 0 Å². The Kier molecular flexibility index (Phi) is 6.69. The average Bonchev–Trinajstić information content (AvgIpc) is 2.37. The number of sulfone groups is 1. The lowest BCUT2D eigenvalue weighted by atomic mass is 9.99. The fourth-order valence-electron chi connectivity index (χ4n) is 1.80. The van der Waals surface area contributed by atoms with E-state index < -0.39 is 9.84 Å². The highest BCUT2D eigenvalue weighted by Crippen LogP contribution is 2.14. The van der Waals surface area contributed by atoms with Crippen LogP contribution in [0.2, 0.25) is 0 Å². The predicted octanol–water partition coefficient (Wildman–Crippen LogP) is 3.69. The first-order chi connectivity index (χ1) is 9.31. The third-order valence-corrected chi connectivity index (χ3v) is 4.66. The van der Waals surface area contributed by atoms with E-state index in [2.05, 4.69) is 20.8 Å². The summed E-state index contributed by atoms with van der Waals surface area (Å²) in [4.78, 5) is 0.420. The van der Waals surface area contributed by atoms with Gasteiger partial charge in [-0.3, -0.25) is 0 Å². The molecule has 0 spiro atoms. The summed E-state index contributed by atoms with van der Waals surface area (Å²) in [6.07, 6.45) is 2.49. The fraction of sp³-hybridized carbons (Fsp3) is 0.625. The molecule has 0 bridgehead atoms. The topological polar surface area (TPSA) is 43.4 Å². The van der Waals surface area contributed by atoms with Gasteiger partial charge in [0.05, 0.1) is 17.3 Å². The van der Waals surface area contributed by atoms with Crippen molar-refractivity contribution in [1.82, 2.24) is 0 Å². The molecule has 0 N–H and O–H groups in total. The molecule has 114 valence electrons. The van der Waals surface area contributed by atoms with Crippen LogP contribution in [0.15, 0.2) is 35.2 Å². The molecule has 20 heavy (non-hydrogen) atoms. The summed E-state index contributed by atoms with van der Waals surface area (Å²) < 4.78 is 29.6. The summed E-state index contributed by atoms with van der Waals surface area (Å²) in [5.41, 5.74) is 0.191. The van der Waals surface area contributed by atoms with Crippen LogP contribution in [0, 0.1) is 5.41 Å². The molecule has 0 aliphatic rings. The van der Waals surface area contributed by atoms with Crippen LogP contribution in [-0.4, -0.2) is 27.4 Å². The van der Waals surface area contributed by atoms with E-state index in [-0.39, 0.29) is 11.2 Å². The average molecular weight is 298 g/mol. The lowest BCUT2D eigenvalue weighted by Crippen LogP contribution is -2.15. The van der Waals surface area contributed by atoms with E-state index >= 15 is 0 Å². The van der Waals surface area contributed by atoms with Crippen LogP contribution in [0.5, 0.6) is 0 Å². The molecular formula is C16H26O3S. The van der Waals surface area contributed by atoms with Crippen LogP contribution in [0.25, 0.3) is 0 Å². The van der Waals surface area contributed by atoms with Gasteiger partial charge in [-0.15, -0.1) is 0 Å². The number of hydrogen-bond acceptors (Lipinski definition) is 3. The highest BCUT2D eigenvalue weighted by Gasteiger charge is 2.13. The lowest BCUT2D eigenvalue weighted by Gasteiger charge is -2.17. The zero-order valence-electron chi connectivity index (χ0n) is 12.8. The van der Waals surface area contributed by atoms with E-state index in [9.17, 15) is 8.42 Å². The molecule has 4 heteroatoms. The van der Waals surface area contributed by atoms with Gasteiger partial charge in [-0.25, -0.2) is 8.42 Å². The summed E-state index contributed by atoms with van der Waals surface area (Å²) in [6.45, 7) is 7.87. The molecule has 1 aromatic carbocycles. The molecule has 0 heterocycles. The minimum atomic E-state index is -3.12. The van der Waals surface area contributed by atoms with Crippen molar-refractivity contribution in [1.29, 1.82) is 0 Å². The number of ether oxygens (including phenoxy) is 1. The SMILES string of the molecule is CC(C)(C)COCCCCCS(=O)(=O)c1ccccc1. The van der Waals surface area contributed by atoms with Gasteiger partial charge in [0.15, 0.2) is 9.84 Å². The largest absolute Gasteiger partial charge is 0.381 e. The van der Waals surface area contributed by atoms with Gasteiger partial charge in [-0.05, 0) is 30.4 Å². The molecule has 3 nitrogen and oxygen atoms in total. The maximum atomic E-state index is 12.0. The van der Waals surface area contributed by atoms with E-state index in [1.165, 1.54) is 0 Å². The van der Waals surface area contributed by atoms with Crippen molar-refractivity contribution < 1.29 is 13.2 Å². The number of benzene rings is 1. The van der Waals surface area contributed by atoms with Gasteiger partial charge in [-0.1, -0.05) is 45.4 Å². The normalized spacial score (nSPS) is 12.6. The third-order valence-electron chi connectivity index (χ3n) is 2.84. The number of unbranched alkanes of at least 4 members (excludes halogenated alkanes) is 2. The van der Waals surface area contributed by atoms with Gasteiger partial charge in [0.2, 0.25) is 0 Å². The van der Waals surface area contributed by atoms with Crippen LogP contribution in [0.3, 0.4) is 0 Å². The minimum absolute atomic E-state index is 0.191. The molecule has 0 aliphatic heterocycles. The minimum Gasteiger partial charge on any atom is -0.381 e. The maximum absolute atomic E-state index is 12.0. The van der Waals surface area contributed by atoms with E-state index in [1.807, 2.05) is 6.07 Å². The van der Waals surface area contributed by atoms with Crippen molar-refractivity contribution in [3.05, 3.63) is 30.3 Å². The Morgan fingerprint density at radius 2 is 1.65 bits per heavy atom. The van der Waals surface area contributed by atoms with Crippen LogP contribution in [0.4, 0.5) is 0 Å². The second-order valence-corrected chi connectivity index (χ2v) is 8.41. The van der Waals surface area contributed by atoms with Crippen molar-refractivity contribution in [2.45, 2.75) is 44.9 Å². The zero-order valence-corrected chi connectivity index (χ0v) is 13.6. The molecule has 0 aliphatic carbocycles. The molecule has 0 atom stereocenters. The molecule has 0 amide bonds. The smallest absolute Gasteiger partial charge is 0.178 e. The van der Waals surface area contributed by atoms with Crippen molar-refractivity contribution in [2.75, 3.05) is 19.0 Å². The molecule has 0 radical (unpaired) electrons. The molecule has 0 saturated heterocycles. The molecule has 0 saturated carbocycles. The van der Waals surface area contributed by atoms with Crippen molar-refractivity contribution in [2.24, 2.45) is 5.41 Å². The summed E-state index contributed by atoms with van der Waals surface area (Å²) in [5.74, 6) is 0.219. The van der Waals surface area contributed by atoms with E-state index in [1.54, 1.807) is 24.3 Å². The monoisotopic (exact) mass is 298 g/mol. The Morgan fingerprint density at radius 1 is 1.00 bits per heavy atom. The summed E-state index contributed by atoms with van der Waals surface area (Å²) >= 11 is 0. The third kappa shape index (κ3) is 7.06. The number of rotatable bonds is 8. The van der Waals surface area contributed by atoms with Crippen molar-refractivity contribution >= 4 is 9.84 Å². The summed E-state index contributed by atoms with van der Waals surface area (Å²) in [6, 6.07) is 8.65. The Labute approximate surface area is 123 Å². The molecule has 1 aromatic rings. The molecule has 0 unspecified atom stereocenters.